The first-order valence-electron chi connectivity index (χ1n) is 10.6. The van der Waals surface area contributed by atoms with Crippen LogP contribution in [0.25, 0.3) is 11.4 Å². The zero-order chi connectivity index (χ0) is 23.7. The van der Waals surface area contributed by atoms with Crippen LogP contribution >= 0.6 is 34.5 Å². The summed E-state index contributed by atoms with van der Waals surface area (Å²) < 4.78 is 6.90. The van der Waals surface area contributed by atoms with Crippen molar-refractivity contribution in [2.75, 3.05) is 24.6 Å². The van der Waals surface area contributed by atoms with E-state index in [2.05, 4.69) is 20.3 Å². The Kier molecular flexibility index (Phi) is 6.96. The van der Waals surface area contributed by atoms with Gasteiger partial charge in [-0.15, -0.1) is 0 Å². The van der Waals surface area contributed by atoms with Crippen LogP contribution in [0.4, 0.5) is 5.13 Å². The van der Waals surface area contributed by atoms with Crippen molar-refractivity contribution >= 4 is 51.5 Å². The highest BCUT2D eigenvalue weighted by Crippen LogP contribution is 2.34. The summed E-state index contributed by atoms with van der Waals surface area (Å²) in [6.07, 6.45) is 3.26. The van der Waals surface area contributed by atoms with E-state index in [0.717, 1.165) is 18.0 Å². The van der Waals surface area contributed by atoms with Crippen LogP contribution in [0.15, 0.2) is 12.3 Å². The molecule has 2 N–H and O–H groups in total. The number of H-pyrrole nitrogens is 1. The van der Waals surface area contributed by atoms with Gasteiger partial charge in [-0.2, -0.15) is 5.10 Å². The fourth-order valence-electron chi connectivity index (χ4n) is 3.69. The van der Waals surface area contributed by atoms with E-state index in [9.17, 15) is 9.59 Å². The SMILES string of the molecule is CCOC(=O)c1sc(N2CCC(NC(=O)c3[nH]c(C)c(Cl)c3Cl)CC2)nc1-c1ccn(C)n1. The lowest BCUT2D eigenvalue weighted by Crippen LogP contribution is -2.44. The van der Waals surface area contributed by atoms with Gasteiger partial charge < -0.3 is 19.9 Å². The maximum atomic E-state index is 12.6. The second kappa shape index (κ2) is 9.74. The first kappa shape index (κ1) is 23.6. The van der Waals surface area contributed by atoms with Gasteiger partial charge in [0.25, 0.3) is 5.91 Å². The van der Waals surface area contributed by atoms with Gasteiger partial charge in [0.05, 0.1) is 16.7 Å². The van der Waals surface area contributed by atoms with Crippen molar-refractivity contribution in [1.29, 1.82) is 0 Å². The summed E-state index contributed by atoms with van der Waals surface area (Å²) in [7, 11) is 1.82. The average Bonchev–Trinajstić information content (AvgIpc) is 3.49. The van der Waals surface area contributed by atoms with Crippen molar-refractivity contribution < 1.29 is 14.3 Å². The fourth-order valence-corrected chi connectivity index (χ4v) is 5.13. The number of halogens is 2. The van der Waals surface area contributed by atoms with Gasteiger partial charge in [-0.1, -0.05) is 34.5 Å². The Morgan fingerprint density at radius 1 is 1.30 bits per heavy atom. The Bertz CT molecular complexity index is 1180. The number of anilines is 1. The summed E-state index contributed by atoms with van der Waals surface area (Å²) in [5.41, 5.74) is 2.09. The summed E-state index contributed by atoms with van der Waals surface area (Å²) in [6, 6.07) is 1.81. The summed E-state index contributed by atoms with van der Waals surface area (Å²) in [5.74, 6) is -0.675. The topological polar surface area (TPSA) is 105 Å². The number of carbonyl (C=O) groups is 2. The molecular weight excluding hydrogens is 487 g/mol. The van der Waals surface area contributed by atoms with Gasteiger partial charge in [-0.05, 0) is 32.8 Å². The maximum Gasteiger partial charge on any atom is 0.350 e. The number of aromatic amines is 1. The van der Waals surface area contributed by atoms with E-state index in [4.69, 9.17) is 32.9 Å². The smallest absolute Gasteiger partial charge is 0.350 e. The number of aromatic nitrogens is 4. The molecule has 0 aliphatic carbocycles. The highest BCUT2D eigenvalue weighted by Gasteiger charge is 2.28. The third-order valence-corrected chi connectivity index (χ3v) is 7.46. The second-order valence-electron chi connectivity index (χ2n) is 7.76. The molecule has 4 heterocycles. The number of nitrogens with zero attached hydrogens (tertiary/aromatic N) is 4. The number of nitrogens with one attached hydrogen (secondary N) is 2. The minimum atomic E-state index is -0.402. The molecule has 1 aliphatic rings. The Balaban J connectivity index is 1.45. The number of rotatable bonds is 6. The van der Waals surface area contributed by atoms with Crippen LogP contribution in [0.1, 0.15) is 45.6 Å². The number of hydrogen-bond donors (Lipinski definition) is 2. The van der Waals surface area contributed by atoms with E-state index < -0.39 is 5.97 Å². The minimum absolute atomic E-state index is 0.00746. The van der Waals surface area contributed by atoms with Crippen molar-refractivity contribution in [3.8, 4) is 11.4 Å². The molecule has 0 aromatic carbocycles. The molecule has 1 fully saturated rings. The molecule has 1 saturated heterocycles. The summed E-state index contributed by atoms with van der Waals surface area (Å²) >= 11 is 13.5. The molecule has 0 unspecified atom stereocenters. The summed E-state index contributed by atoms with van der Waals surface area (Å²) in [4.78, 5) is 35.4. The van der Waals surface area contributed by atoms with E-state index in [1.807, 2.05) is 19.3 Å². The van der Waals surface area contributed by atoms with E-state index in [0.29, 0.717) is 40.1 Å². The van der Waals surface area contributed by atoms with Crippen molar-refractivity contribution in [1.82, 2.24) is 25.1 Å². The quantitative estimate of drug-likeness (QED) is 0.484. The molecule has 3 aromatic heterocycles. The lowest BCUT2D eigenvalue weighted by molar-refractivity contribution is 0.0532. The van der Waals surface area contributed by atoms with Gasteiger partial charge in [-0.25, -0.2) is 9.78 Å². The first-order chi connectivity index (χ1) is 15.8. The van der Waals surface area contributed by atoms with Gasteiger partial charge in [0.1, 0.15) is 22.0 Å². The normalized spacial score (nSPS) is 14.5. The lowest BCUT2D eigenvalue weighted by atomic mass is 10.1. The molecule has 176 valence electrons. The number of amides is 1. The molecule has 1 aliphatic heterocycles. The van der Waals surface area contributed by atoms with Crippen LogP contribution in [0.2, 0.25) is 10.0 Å². The third kappa shape index (κ3) is 4.87. The van der Waals surface area contributed by atoms with Crippen molar-refractivity contribution in [2.24, 2.45) is 7.05 Å². The van der Waals surface area contributed by atoms with E-state index in [1.54, 1.807) is 18.5 Å². The summed E-state index contributed by atoms with van der Waals surface area (Å²) in [6.45, 7) is 5.19. The standard InChI is InChI=1S/C21H24Cl2N6O3S/c1-4-32-20(31)18-16(13-7-8-28(3)27-13)26-21(33-18)29-9-5-12(6-10-29)25-19(30)17-15(23)14(22)11(2)24-17/h7-8,12,24H,4-6,9-10H2,1-3H3,(H,25,30). The Hall–Kier alpha value is -2.56. The van der Waals surface area contributed by atoms with Gasteiger partial charge in [0.15, 0.2) is 5.13 Å². The minimum Gasteiger partial charge on any atom is -0.462 e. The number of carbonyl (C=O) groups excluding carboxylic acids is 2. The predicted octanol–water partition coefficient (Wildman–Crippen LogP) is 4.06. The molecular formula is C21H24Cl2N6O3S. The van der Waals surface area contributed by atoms with Gasteiger partial charge in [0, 0.05) is 38.1 Å². The van der Waals surface area contributed by atoms with Gasteiger partial charge >= 0.3 is 5.97 Å². The molecule has 0 atom stereocenters. The van der Waals surface area contributed by atoms with Crippen molar-refractivity contribution in [3.63, 3.8) is 0 Å². The maximum absolute atomic E-state index is 12.6. The molecule has 0 bridgehead atoms. The monoisotopic (exact) mass is 510 g/mol. The number of piperidine rings is 1. The van der Waals surface area contributed by atoms with E-state index >= 15 is 0 Å². The number of hydrogen-bond acceptors (Lipinski definition) is 7. The van der Waals surface area contributed by atoms with Crippen molar-refractivity contribution in [3.05, 3.63) is 38.6 Å². The number of thiazole rings is 1. The molecule has 3 aromatic rings. The van der Waals surface area contributed by atoms with E-state index in [1.165, 1.54) is 11.3 Å². The van der Waals surface area contributed by atoms with Gasteiger partial charge in [-0.3, -0.25) is 9.48 Å². The first-order valence-corrected chi connectivity index (χ1v) is 12.1. The highest BCUT2D eigenvalue weighted by atomic mass is 35.5. The Labute approximate surface area is 205 Å². The van der Waals surface area contributed by atoms with Crippen LogP contribution in [-0.4, -0.2) is 57.4 Å². The highest BCUT2D eigenvalue weighted by molar-refractivity contribution is 7.17. The van der Waals surface area contributed by atoms with Gasteiger partial charge in [0.2, 0.25) is 0 Å². The lowest BCUT2D eigenvalue weighted by Gasteiger charge is -2.32. The van der Waals surface area contributed by atoms with Crippen molar-refractivity contribution in [2.45, 2.75) is 32.7 Å². The molecule has 0 radical (unpaired) electrons. The molecule has 1 amide bonds. The number of esters is 1. The molecule has 9 nitrogen and oxygen atoms in total. The summed E-state index contributed by atoms with van der Waals surface area (Å²) in [5, 5.41) is 8.75. The molecule has 4 rings (SSSR count). The number of ether oxygens (including phenoxy) is 1. The third-order valence-electron chi connectivity index (χ3n) is 5.41. The van der Waals surface area contributed by atoms with E-state index in [-0.39, 0.29) is 29.3 Å². The van der Waals surface area contributed by atoms with Crippen LogP contribution in [0, 0.1) is 6.92 Å². The van der Waals surface area contributed by atoms with Crippen LogP contribution in [0.3, 0.4) is 0 Å². The Morgan fingerprint density at radius 3 is 2.61 bits per heavy atom. The zero-order valence-electron chi connectivity index (χ0n) is 18.4. The molecule has 0 spiro atoms. The average molecular weight is 511 g/mol. The second-order valence-corrected chi connectivity index (χ2v) is 9.49. The fraction of sp³-hybridized carbons (Fsp3) is 0.429. The molecule has 0 saturated carbocycles. The Morgan fingerprint density at radius 2 is 2.03 bits per heavy atom. The van der Waals surface area contributed by atoms with Crippen LogP contribution in [-0.2, 0) is 11.8 Å². The van der Waals surface area contributed by atoms with Crippen LogP contribution in [0.5, 0.6) is 0 Å². The largest absolute Gasteiger partial charge is 0.462 e. The molecule has 12 heteroatoms. The zero-order valence-corrected chi connectivity index (χ0v) is 20.8. The van der Waals surface area contributed by atoms with Crippen LogP contribution < -0.4 is 10.2 Å². The predicted molar refractivity (Wildman–Crippen MR) is 129 cm³/mol. The molecule has 33 heavy (non-hydrogen) atoms. The number of aryl methyl sites for hydroxylation is 2.